The van der Waals surface area contributed by atoms with Crippen LogP contribution in [-0.4, -0.2) is 68.1 Å². The summed E-state index contributed by atoms with van der Waals surface area (Å²) in [5.41, 5.74) is 0.977. The van der Waals surface area contributed by atoms with Gasteiger partial charge in [0.05, 0.1) is 16.9 Å². The van der Waals surface area contributed by atoms with Crippen LogP contribution in [0.25, 0.3) is 0 Å². The number of piperazine rings is 1. The fourth-order valence-corrected chi connectivity index (χ4v) is 6.34. The van der Waals surface area contributed by atoms with Crippen molar-refractivity contribution >= 4 is 44.7 Å². The van der Waals surface area contributed by atoms with Gasteiger partial charge >= 0.3 is 0 Å². The molecule has 1 aliphatic heterocycles. The number of carbonyl (C=O) groups is 2. The number of nitrogens with one attached hydrogen (secondary N) is 1. The zero-order valence-corrected chi connectivity index (χ0v) is 19.0. The quantitative estimate of drug-likeness (QED) is 0.639. The SMILES string of the molecule is CC(=O)C(Cc1ccccc1)NC(=O)CN1CCN(S(=O)(=O)c2ccc(Cl)s2)CC1. The van der Waals surface area contributed by atoms with E-state index in [4.69, 9.17) is 11.6 Å². The lowest BCUT2D eigenvalue weighted by Gasteiger charge is -2.33. The Morgan fingerprint density at radius 2 is 1.77 bits per heavy atom. The van der Waals surface area contributed by atoms with Gasteiger partial charge in [0, 0.05) is 26.2 Å². The van der Waals surface area contributed by atoms with Crippen LogP contribution in [0.15, 0.2) is 46.7 Å². The summed E-state index contributed by atoms with van der Waals surface area (Å²) in [6.45, 7) is 3.06. The molecule has 0 radical (unpaired) electrons. The Hall–Kier alpha value is -1.78. The highest BCUT2D eigenvalue weighted by molar-refractivity contribution is 7.91. The van der Waals surface area contributed by atoms with Crippen molar-refractivity contribution in [2.45, 2.75) is 23.6 Å². The number of hydrogen-bond acceptors (Lipinski definition) is 6. The molecule has 0 bridgehead atoms. The molecule has 1 aliphatic rings. The van der Waals surface area contributed by atoms with Crippen molar-refractivity contribution in [3.05, 3.63) is 52.4 Å². The lowest BCUT2D eigenvalue weighted by atomic mass is 10.0. The van der Waals surface area contributed by atoms with Gasteiger partial charge in [0.25, 0.3) is 10.0 Å². The highest BCUT2D eigenvalue weighted by Gasteiger charge is 2.30. The topological polar surface area (TPSA) is 86.8 Å². The average Bonchev–Trinajstić information content (AvgIpc) is 3.16. The number of rotatable bonds is 8. The van der Waals surface area contributed by atoms with E-state index in [-0.39, 0.29) is 22.4 Å². The maximum Gasteiger partial charge on any atom is 0.252 e. The van der Waals surface area contributed by atoms with Crippen molar-refractivity contribution in [1.82, 2.24) is 14.5 Å². The van der Waals surface area contributed by atoms with Crippen LogP contribution in [0.1, 0.15) is 12.5 Å². The van der Waals surface area contributed by atoms with E-state index < -0.39 is 16.1 Å². The van der Waals surface area contributed by atoms with Crippen LogP contribution in [0.3, 0.4) is 0 Å². The van der Waals surface area contributed by atoms with E-state index >= 15 is 0 Å². The van der Waals surface area contributed by atoms with Gasteiger partial charge in [0.1, 0.15) is 4.21 Å². The Morgan fingerprint density at radius 1 is 1.10 bits per heavy atom. The van der Waals surface area contributed by atoms with E-state index in [9.17, 15) is 18.0 Å². The minimum absolute atomic E-state index is 0.0993. The Bertz CT molecular complexity index is 986. The van der Waals surface area contributed by atoms with Gasteiger partial charge in [-0.15, -0.1) is 11.3 Å². The lowest BCUT2D eigenvalue weighted by molar-refractivity contribution is -0.127. The molecule has 1 aromatic carbocycles. The van der Waals surface area contributed by atoms with Gasteiger partial charge in [-0.1, -0.05) is 41.9 Å². The normalized spacial score (nSPS) is 16.9. The van der Waals surface area contributed by atoms with Crippen LogP contribution < -0.4 is 5.32 Å². The molecule has 3 rings (SSSR count). The number of amides is 1. The highest BCUT2D eigenvalue weighted by atomic mass is 35.5. The minimum atomic E-state index is -3.56. The third-order valence-electron chi connectivity index (χ3n) is 4.95. The molecule has 1 unspecified atom stereocenters. The largest absolute Gasteiger partial charge is 0.345 e. The number of thiophene rings is 1. The first kappa shape index (κ1) is 22.9. The molecule has 0 aliphatic carbocycles. The first-order valence-electron chi connectivity index (χ1n) is 9.57. The van der Waals surface area contributed by atoms with Gasteiger partial charge in [-0.05, 0) is 31.0 Å². The van der Waals surface area contributed by atoms with Gasteiger partial charge in [0.2, 0.25) is 5.91 Å². The van der Waals surface area contributed by atoms with Crippen molar-refractivity contribution in [3.63, 3.8) is 0 Å². The third-order valence-corrected chi connectivity index (χ3v) is 8.55. The van der Waals surface area contributed by atoms with Crippen LogP contribution in [-0.2, 0) is 26.0 Å². The van der Waals surface area contributed by atoms with Crippen molar-refractivity contribution < 1.29 is 18.0 Å². The standard InChI is InChI=1S/C20H24ClN3O4S2/c1-15(25)17(13-16-5-3-2-4-6-16)22-19(26)14-23-9-11-24(12-10-23)30(27,28)20-8-7-18(21)29-20/h2-8,17H,9-14H2,1H3,(H,22,26). The van der Waals surface area contributed by atoms with E-state index in [0.29, 0.717) is 36.9 Å². The summed E-state index contributed by atoms with van der Waals surface area (Å²) in [6, 6.07) is 12.0. The van der Waals surface area contributed by atoms with Crippen LogP contribution in [0.5, 0.6) is 0 Å². The number of sulfonamides is 1. The summed E-state index contributed by atoms with van der Waals surface area (Å²) >= 11 is 6.90. The zero-order chi connectivity index (χ0) is 21.7. The second kappa shape index (κ2) is 10.0. The molecule has 1 saturated heterocycles. The zero-order valence-electron chi connectivity index (χ0n) is 16.6. The highest BCUT2D eigenvalue weighted by Crippen LogP contribution is 2.28. The Balaban J connectivity index is 1.51. The van der Waals surface area contributed by atoms with Crippen molar-refractivity contribution in [1.29, 1.82) is 0 Å². The smallest absolute Gasteiger partial charge is 0.252 e. The van der Waals surface area contributed by atoms with E-state index in [1.165, 1.54) is 17.3 Å². The fourth-order valence-electron chi connectivity index (χ4n) is 3.28. The number of nitrogens with zero attached hydrogens (tertiary/aromatic N) is 2. The molecule has 1 atom stereocenters. The first-order valence-corrected chi connectivity index (χ1v) is 12.2. The second-order valence-corrected chi connectivity index (χ2v) is 11.0. The van der Waals surface area contributed by atoms with E-state index in [0.717, 1.165) is 16.9 Å². The van der Waals surface area contributed by atoms with Gasteiger partial charge in [0.15, 0.2) is 5.78 Å². The summed E-state index contributed by atoms with van der Waals surface area (Å²) < 4.78 is 27.4. The monoisotopic (exact) mass is 469 g/mol. The molecule has 162 valence electrons. The van der Waals surface area contributed by atoms with Crippen molar-refractivity contribution in [3.8, 4) is 0 Å². The van der Waals surface area contributed by atoms with Gasteiger partial charge in [-0.2, -0.15) is 4.31 Å². The maximum absolute atomic E-state index is 12.7. The predicted molar refractivity (Wildman–Crippen MR) is 117 cm³/mol. The second-order valence-electron chi connectivity index (χ2n) is 7.16. The molecule has 7 nitrogen and oxygen atoms in total. The summed E-state index contributed by atoms with van der Waals surface area (Å²) in [4.78, 5) is 26.3. The molecule has 30 heavy (non-hydrogen) atoms. The molecular formula is C20H24ClN3O4S2. The van der Waals surface area contributed by atoms with Gasteiger partial charge < -0.3 is 5.32 Å². The molecule has 0 spiro atoms. The summed E-state index contributed by atoms with van der Waals surface area (Å²) in [5, 5.41) is 2.81. The predicted octanol–water partition coefficient (Wildman–Crippen LogP) is 2.02. The average molecular weight is 470 g/mol. The molecule has 2 aromatic rings. The van der Waals surface area contributed by atoms with Crippen molar-refractivity contribution in [2.75, 3.05) is 32.7 Å². The lowest BCUT2D eigenvalue weighted by Crippen LogP contribution is -2.52. The fraction of sp³-hybridized carbons (Fsp3) is 0.400. The number of carbonyl (C=O) groups excluding carboxylic acids is 2. The van der Waals surface area contributed by atoms with E-state index in [1.807, 2.05) is 35.2 Å². The molecular weight excluding hydrogens is 446 g/mol. The molecule has 1 fully saturated rings. The van der Waals surface area contributed by atoms with Crippen molar-refractivity contribution in [2.24, 2.45) is 0 Å². The molecule has 1 amide bonds. The Labute approximate surface area is 185 Å². The van der Waals surface area contributed by atoms with Gasteiger partial charge in [-0.25, -0.2) is 8.42 Å². The molecule has 10 heteroatoms. The maximum atomic E-state index is 12.7. The first-order chi connectivity index (χ1) is 14.3. The molecule has 1 aromatic heterocycles. The number of halogens is 1. The number of benzene rings is 1. The summed E-state index contributed by atoms with van der Waals surface area (Å²) in [6.07, 6.45) is 0.442. The van der Waals surface area contributed by atoms with E-state index in [1.54, 1.807) is 6.07 Å². The molecule has 2 heterocycles. The molecule has 0 saturated carbocycles. The Kier molecular flexibility index (Phi) is 7.65. The molecule has 1 N–H and O–H groups in total. The number of hydrogen-bond donors (Lipinski definition) is 1. The van der Waals surface area contributed by atoms with E-state index in [2.05, 4.69) is 5.32 Å². The number of ketones is 1. The van der Waals surface area contributed by atoms with Gasteiger partial charge in [-0.3, -0.25) is 14.5 Å². The number of Topliss-reactive ketones (excluding diaryl/α,β-unsaturated/α-hetero) is 1. The minimum Gasteiger partial charge on any atom is -0.345 e. The van der Waals surface area contributed by atoms with Crippen LogP contribution in [0, 0.1) is 0 Å². The van der Waals surface area contributed by atoms with Crippen LogP contribution >= 0.6 is 22.9 Å². The summed E-state index contributed by atoms with van der Waals surface area (Å²) in [7, 11) is -3.56. The van der Waals surface area contributed by atoms with Crippen LogP contribution in [0.4, 0.5) is 0 Å². The van der Waals surface area contributed by atoms with Crippen LogP contribution in [0.2, 0.25) is 4.34 Å². The third kappa shape index (κ3) is 5.89. The Morgan fingerprint density at radius 3 is 2.33 bits per heavy atom. The summed E-state index contributed by atoms with van der Waals surface area (Å²) in [5.74, 6) is -0.342.